The number of hydrogen-bond donors (Lipinski definition) is 2. The Morgan fingerprint density at radius 1 is 1.67 bits per heavy atom. The van der Waals surface area contributed by atoms with Crippen LogP contribution in [0.15, 0.2) is 18.5 Å². The largest absolute Gasteiger partial charge is 0.344 e. The second-order valence-electron chi connectivity index (χ2n) is 2.64. The van der Waals surface area contributed by atoms with Crippen LogP contribution in [0.4, 0.5) is 4.39 Å². The maximum absolute atomic E-state index is 13.0. The van der Waals surface area contributed by atoms with Crippen LogP contribution in [-0.4, -0.2) is 24.0 Å². The van der Waals surface area contributed by atoms with E-state index in [2.05, 4.69) is 22.1 Å². The van der Waals surface area contributed by atoms with Crippen LogP contribution in [0.3, 0.4) is 0 Å². The van der Waals surface area contributed by atoms with Gasteiger partial charge in [0.25, 0.3) is 0 Å². The first kappa shape index (κ1) is 11.1. The summed E-state index contributed by atoms with van der Waals surface area (Å²) in [7, 11) is 0. The van der Waals surface area contributed by atoms with E-state index in [-0.39, 0.29) is 24.6 Å². The van der Waals surface area contributed by atoms with Gasteiger partial charge in [-0.2, -0.15) is 0 Å². The van der Waals surface area contributed by atoms with Gasteiger partial charge in [0.1, 0.15) is 0 Å². The number of nitrogens with zero attached hydrogens (tertiary/aromatic N) is 1. The minimum atomic E-state index is -0.477. The first-order chi connectivity index (χ1) is 7.24. The Morgan fingerprint density at radius 3 is 3.13 bits per heavy atom. The zero-order chi connectivity index (χ0) is 11.1. The summed E-state index contributed by atoms with van der Waals surface area (Å²) < 4.78 is 13.0. The fourth-order valence-corrected chi connectivity index (χ4v) is 0.831. The molecule has 0 fully saturated rings. The van der Waals surface area contributed by atoms with Gasteiger partial charge in [-0.1, -0.05) is 11.8 Å². The van der Waals surface area contributed by atoms with Gasteiger partial charge < -0.3 is 11.1 Å². The minimum absolute atomic E-state index is 0.0781. The molecule has 1 aromatic heterocycles. The first-order valence-corrected chi connectivity index (χ1v) is 4.29. The predicted octanol–water partition coefficient (Wildman–Crippen LogP) is -0.353. The van der Waals surface area contributed by atoms with Gasteiger partial charge in [0.2, 0.25) is 5.91 Å². The molecule has 1 amide bonds. The highest BCUT2D eigenvalue weighted by Crippen LogP contribution is 2.00. The molecule has 3 N–H and O–H groups in total. The van der Waals surface area contributed by atoms with Crippen LogP contribution in [0, 0.1) is 17.7 Å². The second kappa shape index (κ2) is 5.73. The lowest BCUT2D eigenvalue weighted by Crippen LogP contribution is -2.30. The van der Waals surface area contributed by atoms with E-state index in [1.165, 1.54) is 12.3 Å². The van der Waals surface area contributed by atoms with E-state index in [1.807, 2.05) is 0 Å². The molecule has 1 aromatic rings. The summed E-state index contributed by atoms with van der Waals surface area (Å²) in [4.78, 5) is 14.3. The summed E-state index contributed by atoms with van der Waals surface area (Å²) in [6, 6.07) is 1.47. The van der Waals surface area contributed by atoms with Crippen LogP contribution < -0.4 is 11.1 Å². The Bertz CT molecular complexity index is 409. The molecular formula is C10H10FN3O. The molecule has 0 aliphatic rings. The number of rotatable bonds is 2. The van der Waals surface area contributed by atoms with Gasteiger partial charge in [-0.15, -0.1) is 0 Å². The molecule has 0 aromatic carbocycles. The maximum atomic E-state index is 13.0. The van der Waals surface area contributed by atoms with Crippen molar-refractivity contribution in [3.8, 4) is 11.8 Å². The third-order valence-electron chi connectivity index (χ3n) is 1.55. The van der Waals surface area contributed by atoms with Crippen molar-refractivity contribution in [2.45, 2.75) is 0 Å². The van der Waals surface area contributed by atoms with E-state index >= 15 is 0 Å². The van der Waals surface area contributed by atoms with Crippen molar-refractivity contribution in [3.05, 3.63) is 29.8 Å². The van der Waals surface area contributed by atoms with Crippen LogP contribution in [0.5, 0.6) is 0 Å². The molecule has 5 heteroatoms. The topological polar surface area (TPSA) is 68.0 Å². The lowest BCUT2D eigenvalue weighted by atomic mass is 10.2. The number of aromatic nitrogens is 1. The quantitative estimate of drug-likeness (QED) is 0.651. The molecule has 15 heavy (non-hydrogen) atoms. The van der Waals surface area contributed by atoms with Crippen LogP contribution >= 0.6 is 0 Å². The first-order valence-electron chi connectivity index (χ1n) is 4.29. The van der Waals surface area contributed by atoms with Crippen LogP contribution in [0.1, 0.15) is 5.56 Å². The molecule has 78 valence electrons. The van der Waals surface area contributed by atoms with Gasteiger partial charge in [-0.3, -0.25) is 9.78 Å². The molecule has 4 nitrogen and oxygen atoms in total. The Morgan fingerprint density at radius 2 is 2.47 bits per heavy atom. The summed E-state index contributed by atoms with van der Waals surface area (Å²) in [5.74, 6) is 4.41. The zero-order valence-electron chi connectivity index (χ0n) is 7.96. The van der Waals surface area contributed by atoms with Crippen molar-refractivity contribution in [2.75, 3.05) is 13.1 Å². The van der Waals surface area contributed by atoms with E-state index in [4.69, 9.17) is 5.73 Å². The summed E-state index contributed by atoms with van der Waals surface area (Å²) >= 11 is 0. The lowest BCUT2D eigenvalue weighted by molar-refractivity contribution is -0.119. The van der Waals surface area contributed by atoms with E-state index in [9.17, 15) is 9.18 Å². The fraction of sp³-hybridized carbons (Fsp3) is 0.200. The standard InChI is InChI=1S/C10H10FN3O/c11-9-7-13-5-3-8(9)2-1-4-14-10(15)6-12/h3,5,7H,4,6,12H2,(H,14,15). The fourth-order valence-electron chi connectivity index (χ4n) is 0.831. The predicted molar refractivity (Wildman–Crippen MR) is 53.1 cm³/mol. The number of nitrogens with two attached hydrogens (primary N) is 1. The molecule has 1 rings (SSSR count). The van der Waals surface area contributed by atoms with E-state index < -0.39 is 5.82 Å². The van der Waals surface area contributed by atoms with Gasteiger partial charge in [0.15, 0.2) is 5.82 Å². The Kier molecular flexibility index (Phi) is 4.26. The number of nitrogens with one attached hydrogen (secondary N) is 1. The maximum Gasteiger partial charge on any atom is 0.234 e. The normalized spacial score (nSPS) is 8.93. The number of amides is 1. The Hall–Kier alpha value is -1.93. The van der Waals surface area contributed by atoms with Crippen molar-refractivity contribution in [3.63, 3.8) is 0 Å². The SMILES string of the molecule is NCC(=O)NCC#Cc1ccncc1F. The molecule has 1 heterocycles. The highest BCUT2D eigenvalue weighted by molar-refractivity contribution is 5.77. The third-order valence-corrected chi connectivity index (χ3v) is 1.55. The molecule has 0 spiro atoms. The van der Waals surface area contributed by atoms with Gasteiger partial charge in [0, 0.05) is 6.20 Å². The minimum Gasteiger partial charge on any atom is -0.344 e. The molecule has 0 radical (unpaired) electrons. The third kappa shape index (κ3) is 3.75. The van der Waals surface area contributed by atoms with Crippen molar-refractivity contribution < 1.29 is 9.18 Å². The molecule has 0 aliphatic carbocycles. The lowest BCUT2D eigenvalue weighted by Gasteiger charge is -1.95. The molecule has 0 saturated heterocycles. The second-order valence-corrected chi connectivity index (χ2v) is 2.64. The average Bonchev–Trinajstić information content (AvgIpc) is 2.26. The Labute approximate surface area is 86.7 Å². The average molecular weight is 207 g/mol. The number of pyridine rings is 1. The molecule has 0 unspecified atom stereocenters. The zero-order valence-corrected chi connectivity index (χ0v) is 7.96. The summed E-state index contributed by atoms with van der Waals surface area (Å²) in [6.45, 7) is 0.0725. The summed E-state index contributed by atoms with van der Waals surface area (Å²) in [5, 5.41) is 2.45. The highest BCUT2D eigenvalue weighted by atomic mass is 19.1. The molecule has 0 saturated carbocycles. The molecular weight excluding hydrogens is 197 g/mol. The van der Waals surface area contributed by atoms with Crippen LogP contribution in [0.2, 0.25) is 0 Å². The van der Waals surface area contributed by atoms with Gasteiger partial charge in [-0.25, -0.2) is 4.39 Å². The van der Waals surface area contributed by atoms with Gasteiger partial charge >= 0.3 is 0 Å². The van der Waals surface area contributed by atoms with Crippen molar-refractivity contribution >= 4 is 5.91 Å². The molecule has 0 aliphatic heterocycles. The monoisotopic (exact) mass is 207 g/mol. The van der Waals surface area contributed by atoms with Gasteiger partial charge in [-0.05, 0) is 6.07 Å². The smallest absolute Gasteiger partial charge is 0.234 e. The van der Waals surface area contributed by atoms with Crippen molar-refractivity contribution in [2.24, 2.45) is 5.73 Å². The number of carbonyl (C=O) groups is 1. The summed E-state index contributed by atoms with van der Waals surface area (Å²) in [6.07, 6.45) is 2.54. The molecule has 0 atom stereocenters. The Balaban J connectivity index is 2.52. The van der Waals surface area contributed by atoms with Gasteiger partial charge in [0.05, 0.1) is 24.8 Å². The van der Waals surface area contributed by atoms with E-state index in [0.717, 1.165) is 6.20 Å². The van der Waals surface area contributed by atoms with E-state index in [0.29, 0.717) is 0 Å². The number of halogens is 1. The number of hydrogen-bond acceptors (Lipinski definition) is 3. The number of carbonyl (C=O) groups excluding carboxylic acids is 1. The van der Waals surface area contributed by atoms with Crippen molar-refractivity contribution in [1.29, 1.82) is 0 Å². The summed E-state index contributed by atoms with van der Waals surface area (Å²) in [5.41, 5.74) is 5.32. The molecule has 0 bridgehead atoms. The highest BCUT2D eigenvalue weighted by Gasteiger charge is 1.96. The van der Waals surface area contributed by atoms with Crippen LogP contribution in [0.25, 0.3) is 0 Å². The van der Waals surface area contributed by atoms with Crippen LogP contribution in [-0.2, 0) is 4.79 Å². The van der Waals surface area contributed by atoms with Crippen molar-refractivity contribution in [1.82, 2.24) is 10.3 Å². The van der Waals surface area contributed by atoms with E-state index in [1.54, 1.807) is 0 Å².